The molecule has 24 heavy (non-hydrogen) atoms. The molecule has 1 N–H and O–H groups in total. The van der Waals surface area contributed by atoms with Crippen LogP contribution < -0.4 is 14.8 Å². The molecule has 0 spiro atoms. The number of benzene rings is 1. The zero-order chi connectivity index (χ0) is 17.7. The Hall–Kier alpha value is -1.96. The summed E-state index contributed by atoms with van der Waals surface area (Å²) in [4.78, 5) is 13.7. The van der Waals surface area contributed by atoms with E-state index in [0.29, 0.717) is 30.2 Å². The van der Waals surface area contributed by atoms with Crippen LogP contribution in [-0.2, 0) is 4.79 Å². The predicted molar refractivity (Wildman–Crippen MR) is 83.4 cm³/mol. The normalized spacial score (nSPS) is 19.0. The van der Waals surface area contributed by atoms with Gasteiger partial charge in [0, 0.05) is 12.6 Å². The number of hydrogen-bond acceptors (Lipinski definition) is 4. The third-order valence-electron chi connectivity index (χ3n) is 4.02. The average Bonchev–Trinajstić information content (AvgIpc) is 2.54. The van der Waals surface area contributed by atoms with E-state index in [2.05, 4.69) is 5.32 Å². The van der Waals surface area contributed by atoms with E-state index in [0.717, 1.165) is 0 Å². The van der Waals surface area contributed by atoms with Crippen molar-refractivity contribution in [3.8, 4) is 11.5 Å². The number of nitrogens with zero attached hydrogens (tertiary/aromatic N) is 1. The molecule has 1 unspecified atom stereocenters. The SMILES string of the molecule is COc1ccc(NC(=O)CN2CCCC(C(F)(F)F)C2)c(OC)c1. The fourth-order valence-corrected chi connectivity index (χ4v) is 2.76. The molecule has 8 heteroatoms. The highest BCUT2D eigenvalue weighted by Gasteiger charge is 2.41. The summed E-state index contributed by atoms with van der Waals surface area (Å²) >= 11 is 0. The lowest BCUT2D eigenvalue weighted by molar-refractivity contribution is -0.186. The van der Waals surface area contributed by atoms with Crippen molar-refractivity contribution in [1.29, 1.82) is 0 Å². The summed E-state index contributed by atoms with van der Waals surface area (Å²) in [7, 11) is 2.98. The van der Waals surface area contributed by atoms with E-state index in [4.69, 9.17) is 9.47 Å². The molecular weight excluding hydrogens is 325 g/mol. The lowest BCUT2D eigenvalue weighted by Gasteiger charge is -2.33. The monoisotopic (exact) mass is 346 g/mol. The minimum atomic E-state index is -4.21. The Morgan fingerprint density at radius 3 is 2.71 bits per heavy atom. The first kappa shape index (κ1) is 18.4. The van der Waals surface area contributed by atoms with Gasteiger partial charge in [-0.2, -0.15) is 13.2 Å². The molecule has 1 aliphatic heterocycles. The number of ether oxygens (including phenoxy) is 2. The van der Waals surface area contributed by atoms with Gasteiger partial charge in [0.15, 0.2) is 0 Å². The van der Waals surface area contributed by atoms with Crippen molar-refractivity contribution in [1.82, 2.24) is 4.90 Å². The first-order valence-electron chi connectivity index (χ1n) is 7.64. The van der Waals surface area contributed by atoms with Crippen molar-refractivity contribution in [3.05, 3.63) is 18.2 Å². The Kier molecular flexibility index (Phi) is 5.93. The quantitative estimate of drug-likeness (QED) is 0.891. The molecule has 1 amide bonds. The van der Waals surface area contributed by atoms with Gasteiger partial charge in [0.25, 0.3) is 0 Å². The van der Waals surface area contributed by atoms with Crippen LogP contribution >= 0.6 is 0 Å². The topological polar surface area (TPSA) is 50.8 Å². The highest BCUT2D eigenvalue weighted by molar-refractivity contribution is 5.93. The smallest absolute Gasteiger partial charge is 0.393 e. The summed E-state index contributed by atoms with van der Waals surface area (Å²) < 4.78 is 48.7. The highest BCUT2D eigenvalue weighted by atomic mass is 19.4. The fraction of sp³-hybridized carbons (Fsp3) is 0.562. The molecular formula is C16H21F3N2O3. The zero-order valence-corrected chi connectivity index (χ0v) is 13.7. The second kappa shape index (κ2) is 7.74. The molecule has 0 saturated carbocycles. The van der Waals surface area contributed by atoms with E-state index in [1.54, 1.807) is 18.2 Å². The second-order valence-electron chi connectivity index (χ2n) is 5.73. The van der Waals surface area contributed by atoms with Gasteiger partial charge in [-0.3, -0.25) is 9.69 Å². The average molecular weight is 346 g/mol. The summed E-state index contributed by atoms with van der Waals surface area (Å²) in [6.45, 7) is 0.262. The number of piperidine rings is 1. The van der Waals surface area contributed by atoms with Crippen molar-refractivity contribution < 1.29 is 27.4 Å². The van der Waals surface area contributed by atoms with Crippen LogP contribution in [0.4, 0.5) is 18.9 Å². The Morgan fingerprint density at radius 1 is 1.33 bits per heavy atom. The van der Waals surface area contributed by atoms with Crippen LogP contribution in [0.2, 0.25) is 0 Å². The Bertz CT molecular complexity index is 578. The standard InChI is InChI=1S/C16H21F3N2O3/c1-23-12-5-6-13(14(8-12)24-2)20-15(22)10-21-7-3-4-11(9-21)16(17,18)19/h5-6,8,11H,3-4,7,9-10H2,1-2H3,(H,20,22). The van der Waals surface area contributed by atoms with Gasteiger partial charge < -0.3 is 14.8 Å². The van der Waals surface area contributed by atoms with E-state index in [-0.39, 0.29) is 25.4 Å². The largest absolute Gasteiger partial charge is 0.497 e. The van der Waals surface area contributed by atoms with E-state index in [1.165, 1.54) is 19.1 Å². The zero-order valence-electron chi connectivity index (χ0n) is 13.7. The van der Waals surface area contributed by atoms with Crippen LogP contribution in [0.5, 0.6) is 11.5 Å². The molecule has 1 aromatic rings. The van der Waals surface area contributed by atoms with Crippen LogP contribution in [0.25, 0.3) is 0 Å². The maximum atomic E-state index is 12.8. The summed E-state index contributed by atoms with van der Waals surface area (Å²) in [6, 6.07) is 4.92. The van der Waals surface area contributed by atoms with Gasteiger partial charge in [0.05, 0.1) is 32.4 Å². The van der Waals surface area contributed by atoms with Gasteiger partial charge >= 0.3 is 6.18 Å². The third kappa shape index (κ3) is 4.77. The van der Waals surface area contributed by atoms with E-state index >= 15 is 0 Å². The maximum Gasteiger partial charge on any atom is 0.393 e. The third-order valence-corrected chi connectivity index (χ3v) is 4.02. The summed E-state index contributed by atoms with van der Waals surface area (Å²) in [5.74, 6) is -0.737. The van der Waals surface area contributed by atoms with Crippen molar-refractivity contribution in [2.24, 2.45) is 5.92 Å². The van der Waals surface area contributed by atoms with E-state index in [9.17, 15) is 18.0 Å². The van der Waals surface area contributed by atoms with Crippen LogP contribution in [0.15, 0.2) is 18.2 Å². The van der Waals surface area contributed by atoms with Crippen LogP contribution in [0.1, 0.15) is 12.8 Å². The van der Waals surface area contributed by atoms with Crippen LogP contribution in [-0.4, -0.2) is 50.8 Å². The number of nitrogens with one attached hydrogen (secondary N) is 1. The number of alkyl halides is 3. The molecule has 0 bridgehead atoms. The highest BCUT2D eigenvalue weighted by Crippen LogP contribution is 2.33. The minimum Gasteiger partial charge on any atom is -0.497 e. The molecule has 1 aliphatic rings. The maximum absolute atomic E-state index is 12.8. The van der Waals surface area contributed by atoms with Gasteiger partial charge in [0.2, 0.25) is 5.91 Å². The number of carbonyl (C=O) groups is 1. The summed E-state index contributed by atoms with van der Waals surface area (Å²) in [5, 5.41) is 2.67. The van der Waals surface area contributed by atoms with Gasteiger partial charge in [-0.25, -0.2) is 0 Å². The molecule has 1 heterocycles. The number of rotatable bonds is 5. The Labute approximate surface area is 138 Å². The van der Waals surface area contributed by atoms with Crippen molar-refractivity contribution in [3.63, 3.8) is 0 Å². The molecule has 0 aromatic heterocycles. The summed E-state index contributed by atoms with van der Waals surface area (Å²) in [6.07, 6.45) is -3.66. The van der Waals surface area contributed by atoms with E-state index in [1.807, 2.05) is 0 Å². The number of hydrogen-bond donors (Lipinski definition) is 1. The fourth-order valence-electron chi connectivity index (χ4n) is 2.76. The van der Waals surface area contributed by atoms with Crippen molar-refractivity contribution in [2.75, 3.05) is 39.2 Å². The molecule has 1 fully saturated rings. The molecule has 1 saturated heterocycles. The van der Waals surface area contributed by atoms with E-state index < -0.39 is 12.1 Å². The van der Waals surface area contributed by atoms with Gasteiger partial charge in [0.1, 0.15) is 11.5 Å². The number of halogens is 3. The molecule has 0 radical (unpaired) electrons. The summed E-state index contributed by atoms with van der Waals surface area (Å²) in [5.41, 5.74) is 0.452. The second-order valence-corrected chi connectivity index (χ2v) is 5.73. The number of methoxy groups -OCH3 is 2. The molecule has 1 aromatic carbocycles. The Morgan fingerprint density at radius 2 is 2.08 bits per heavy atom. The number of anilines is 1. The van der Waals surface area contributed by atoms with Gasteiger partial charge in [-0.1, -0.05) is 0 Å². The van der Waals surface area contributed by atoms with Gasteiger partial charge in [-0.15, -0.1) is 0 Å². The van der Waals surface area contributed by atoms with Crippen LogP contribution in [0, 0.1) is 5.92 Å². The molecule has 134 valence electrons. The van der Waals surface area contributed by atoms with Crippen LogP contribution in [0.3, 0.4) is 0 Å². The first-order valence-corrected chi connectivity index (χ1v) is 7.64. The lowest BCUT2D eigenvalue weighted by Crippen LogP contribution is -2.44. The number of amides is 1. The first-order chi connectivity index (χ1) is 11.3. The predicted octanol–water partition coefficient (Wildman–Crippen LogP) is 2.92. The van der Waals surface area contributed by atoms with Crippen molar-refractivity contribution >= 4 is 11.6 Å². The minimum absolute atomic E-state index is 0.0816. The van der Waals surface area contributed by atoms with Crippen molar-refractivity contribution in [2.45, 2.75) is 19.0 Å². The number of carbonyl (C=O) groups excluding carboxylic acids is 1. The lowest BCUT2D eigenvalue weighted by atomic mass is 9.97. The number of likely N-dealkylation sites (tertiary alicyclic amines) is 1. The molecule has 5 nitrogen and oxygen atoms in total. The molecule has 0 aliphatic carbocycles. The molecule has 2 rings (SSSR count). The Balaban J connectivity index is 1.96. The van der Waals surface area contributed by atoms with Gasteiger partial charge in [-0.05, 0) is 31.5 Å². The molecule has 1 atom stereocenters.